The first-order chi connectivity index (χ1) is 16.4. The number of aryl methyl sites for hydroxylation is 1. The van der Waals surface area contributed by atoms with Crippen LogP contribution in [0, 0.1) is 6.92 Å². The lowest BCUT2D eigenvalue weighted by atomic mass is 10.2. The number of amidine groups is 1. The zero-order valence-corrected chi connectivity index (χ0v) is 21.3. The van der Waals surface area contributed by atoms with Crippen molar-refractivity contribution in [2.24, 2.45) is 4.99 Å². The van der Waals surface area contributed by atoms with E-state index in [1.54, 1.807) is 30.3 Å². The molecule has 0 saturated carbocycles. The van der Waals surface area contributed by atoms with Gasteiger partial charge in [-0.1, -0.05) is 40.9 Å². The Morgan fingerprint density at radius 2 is 1.71 bits per heavy atom. The quantitative estimate of drug-likeness (QED) is 0.340. The molecule has 0 aliphatic carbocycles. The Labute approximate surface area is 217 Å². The van der Waals surface area contributed by atoms with Crippen molar-refractivity contribution in [2.45, 2.75) is 6.92 Å². The highest BCUT2D eigenvalue weighted by atomic mass is 35.5. The number of benzene rings is 2. The SMILES string of the molecule is Cc1ccc(N2CCN(C3=NC(=O)/C(=C\c4ccc(-c5cc(Cl)ccc5Cl)o4)S3)CC2)cc1Cl. The molecule has 0 atom stereocenters. The number of hydrogen-bond acceptors (Lipinski definition) is 5. The number of aliphatic imine (C=N–C) groups is 1. The van der Waals surface area contributed by atoms with Crippen LogP contribution in [0.4, 0.5) is 5.69 Å². The third-order valence-corrected chi connectivity index (χ3v) is 7.79. The molecule has 9 heteroatoms. The van der Waals surface area contributed by atoms with Crippen LogP contribution in [0.25, 0.3) is 17.4 Å². The molecule has 174 valence electrons. The zero-order valence-electron chi connectivity index (χ0n) is 18.2. The first-order valence-corrected chi connectivity index (χ1v) is 12.7. The summed E-state index contributed by atoms with van der Waals surface area (Å²) in [5.41, 5.74) is 2.88. The van der Waals surface area contributed by atoms with Crippen molar-refractivity contribution < 1.29 is 9.21 Å². The molecule has 5 rings (SSSR count). The predicted octanol–water partition coefficient (Wildman–Crippen LogP) is 7.01. The highest BCUT2D eigenvalue weighted by Gasteiger charge is 2.29. The summed E-state index contributed by atoms with van der Waals surface area (Å²) in [5, 5.41) is 2.61. The van der Waals surface area contributed by atoms with Gasteiger partial charge in [0, 0.05) is 53.6 Å². The number of rotatable bonds is 3. The fourth-order valence-corrected chi connectivity index (χ4v) is 5.36. The Hall–Kier alpha value is -2.38. The van der Waals surface area contributed by atoms with E-state index in [-0.39, 0.29) is 5.91 Å². The molecule has 3 aromatic rings. The number of thioether (sulfide) groups is 1. The summed E-state index contributed by atoms with van der Waals surface area (Å²) in [5.74, 6) is 0.883. The van der Waals surface area contributed by atoms with E-state index in [0.29, 0.717) is 32.0 Å². The monoisotopic (exact) mass is 531 g/mol. The standard InChI is InChI=1S/C25H20Cl3N3O2S/c1-15-2-4-17(13-21(15)28)30-8-10-31(11-9-30)25-29-24(32)23(34-25)14-18-5-7-22(33-18)19-12-16(26)3-6-20(19)27/h2-7,12-14H,8-11H2,1H3/b23-14+. The molecule has 0 N–H and O–H groups in total. The minimum atomic E-state index is -0.258. The van der Waals surface area contributed by atoms with Crippen LogP contribution in [0.3, 0.4) is 0 Å². The Kier molecular flexibility index (Phi) is 6.67. The largest absolute Gasteiger partial charge is 0.457 e. The molecule has 2 aliphatic rings. The molecule has 1 amide bonds. The summed E-state index contributed by atoms with van der Waals surface area (Å²) in [6.07, 6.45) is 1.72. The van der Waals surface area contributed by atoms with Crippen LogP contribution in [0.5, 0.6) is 0 Å². The molecular formula is C25H20Cl3N3O2S. The van der Waals surface area contributed by atoms with Gasteiger partial charge in [0.25, 0.3) is 5.91 Å². The van der Waals surface area contributed by atoms with Gasteiger partial charge < -0.3 is 14.2 Å². The van der Waals surface area contributed by atoms with Crippen molar-refractivity contribution >= 4 is 69.4 Å². The fraction of sp³-hybridized carbons (Fsp3) is 0.200. The first-order valence-electron chi connectivity index (χ1n) is 10.7. The van der Waals surface area contributed by atoms with Crippen LogP contribution < -0.4 is 4.90 Å². The molecule has 34 heavy (non-hydrogen) atoms. The summed E-state index contributed by atoms with van der Waals surface area (Å²) in [6.45, 7) is 5.20. The van der Waals surface area contributed by atoms with E-state index in [2.05, 4.69) is 20.9 Å². The van der Waals surface area contributed by atoms with Crippen molar-refractivity contribution in [3.8, 4) is 11.3 Å². The third-order valence-electron chi connectivity index (χ3n) is 5.77. The third kappa shape index (κ3) is 4.86. The van der Waals surface area contributed by atoms with E-state index >= 15 is 0 Å². The van der Waals surface area contributed by atoms with Gasteiger partial charge in [0.05, 0.1) is 9.93 Å². The topological polar surface area (TPSA) is 49.0 Å². The van der Waals surface area contributed by atoms with E-state index in [9.17, 15) is 4.79 Å². The number of carbonyl (C=O) groups is 1. The van der Waals surface area contributed by atoms with Crippen LogP contribution >= 0.6 is 46.6 Å². The summed E-state index contributed by atoms with van der Waals surface area (Å²) >= 11 is 20.0. The van der Waals surface area contributed by atoms with Crippen molar-refractivity contribution in [3.05, 3.63) is 79.8 Å². The lowest BCUT2D eigenvalue weighted by Crippen LogP contribution is -2.47. The Morgan fingerprint density at radius 3 is 2.47 bits per heavy atom. The van der Waals surface area contributed by atoms with Crippen molar-refractivity contribution in [3.63, 3.8) is 0 Å². The van der Waals surface area contributed by atoms with E-state index < -0.39 is 0 Å². The molecule has 2 aromatic carbocycles. The average molecular weight is 533 g/mol. The maximum absolute atomic E-state index is 12.6. The predicted molar refractivity (Wildman–Crippen MR) is 142 cm³/mol. The van der Waals surface area contributed by atoms with Crippen LogP contribution in [-0.2, 0) is 4.79 Å². The molecule has 0 radical (unpaired) electrons. The summed E-state index contributed by atoms with van der Waals surface area (Å²) < 4.78 is 5.91. The Morgan fingerprint density at radius 1 is 0.941 bits per heavy atom. The van der Waals surface area contributed by atoms with E-state index in [4.69, 9.17) is 39.2 Å². The zero-order chi connectivity index (χ0) is 23.8. The minimum absolute atomic E-state index is 0.258. The maximum atomic E-state index is 12.6. The second-order valence-corrected chi connectivity index (χ2v) is 10.3. The normalized spacial score (nSPS) is 17.6. The van der Waals surface area contributed by atoms with Crippen molar-refractivity contribution in [1.29, 1.82) is 0 Å². The van der Waals surface area contributed by atoms with Gasteiger partial charge >= 0.3 is 0 Å². The second-order valence-electron chi connectivity index (χ2n) is 8.04. The number of piperazine rings is 1. The molecule has 0 bridgehead atoms. The van der Waals surface area contributed by atoms with Gasteiger partial charge in [-0.15, -0.1) is 0 Å². The highest BCUT2D eigenvalue weighted by Crippen LogP contribution is 2.35. The van der Waals surface area contributed by atoms with Gasteiger partial charge in [0.15, 0.2) is 5.17 Å². The van der Waals surface area contributed by atoms with Gasteiger partial charge in [0.2, 0.25) is 0 Å². The van der Waals surface area contributed by atoms with Crippen molar-refractivity contribution in [1.82, 2.24) is 4.90 Å². The number of amides is 1. The molecule has 1 saturated heterocycles. The smallest absolute Gasteiger partial charge is 0.286 e. The maximum Gasteiger partial charge on any atom is 0.286 e. The lowest BCUT2D eigenvalue weighted by Gasteiger charge is -2.36. The summed E-state index contributed by atoms with van der Waals surface area (Å²) in [7, 11) is 0. The van der Waals surface area contributed by atoms with Gasteiger partial charge in [-0.2, -0.15) is 4.99 Å². The van der Waals surface area contributed by atoms with Gasteiger partial charge in [0.1, 0.15) is 11.5 Å². The Bertz CT molecular complexity index is 1330. The van der Waals surface area contributed by atoms with Crippen molar-refractivity contribution in [2.75, 3.05) is 31.1 Å². The van der Waals surface area contributed by atoms with Crippen LogP contribution in [0.2, 0.25) is 15.1 Å². The fourth-order valence-electron chi connectivity index (χ4n) is 3.86. The number of nitrogens with zero attached hydrogens (tertiary/aromatic N) is 3. The van der Waals surface area contributed by atoms with Gasteiger partial charge in [-0.3, -0.25) is 4.79 Å². The lowest BCUT2D eigenvalue weighted by molar-refractivity contribution is -0.113. The minimum Gasteiger partial charge on any atom is -0.457 e. The van der Waals surface area contributed by atoms with Crippen LogP contribution in [0.15, 0.2) is 62.8 Å². The molecule has 0 unspecified atom stereocenters. The van der Waals surface area contributed by atoms with Crippen LogP contribution in [0.1, 0.15) is 11.3 Å². The number of carbonyl (C=O) groups excluding carboxylic acids is 1. The molecule has 0 spiro atoms. The first kappa shape index (κ1) is 23.4. The Balaban J connectivity index is 1.24. The summed E-state index contributed by atoms with van der Waals surface area (Å²) in [6, 6.07) is 15.0. The molecule has 3 heterocycles. The number of anilines is 1. The molecule has 1 aromatic heterocycles. The van der Waals surface area contributed by atoms with E-state index in [1.165, 1.54) is 11.8 Å². The molecular weight excluding hydrogens is 513 g/mol. The number of hydrogen-bond donors (Lipinski definition) is 0. The summed E-state index contributed by atoms with van der Waals surface area (Å²) in [4.78, 5) is 21.8. The molecule has 2 aliphatic heterocycles. The molecule has 1 fully saturated rings. The number of halogens is 3. The average Bonchev–Trinajstić information content (AvgIpc) is 3.44. The highest BCUT2D eigenvalue weighted by molar-refractivity contribution is 8.18. The number of furan rings is 1. The molecule has 5 nitrogen and oxygen atoms in total. The second kappa shape index (κ2) is 9.70. The van der Waals surface area contributed by atoms with Gasteiger partial charge in [-0.25, -0.2) is 0 Å². The van der Waals surface area contributed by atoms with Gasteiger partial charge in [-0.05, 0) is 66.7 Å². The van der Waals surface area contributed by atoms with E-state index in [1.807, 2.05) is 25.1 Å². The van der Waals surface area contributed by atoms with Crippen LogP contribution in [-0.4, -0.2) is 42.2 Å². The van der Waals surface area contributed by atoms with E-state index in [0.717, 1.165) is 47.6 Å².